The highest BCUT2D eigenvalue weighted by atomic mass is 32.2. The number of hydrogen-bond donors (Lipinski definition) is 6. The van der Waals surface area contributed by atoms with Gasteiger partial charge in [0.05, 0.1) is 12.4 Å². The van der Waals surface area contributed by atoms with Gasteiger partial charge in [-0.25, -0.2) is 9.78 Å². The average Bonchev–Trinajstić information content (AvgIpc) is 3.31. The third-order valence-electron chi connectivity index (χ3n) is 5.69. The summed E-state index contributed by atoms with van der Waals surface area (Å²) in [6, 6.07) is -3.83. The first-order valence-electron chi connectivity index (χ1n) is 11.9. The van der Waals surface area contributed by atoms with Crippen LogP contribution < -0.4 is 21.7 Å². The fourth-order valence-electron chi connectivity index (χ4n) is 3.43. The molecule has 0 bridgehead atoms. The number of nitrogens with two attached hydrogens (primary N) is 1. The molecule has 1 aromatic heterocycles. The van der Waals surface area contributed by atoms with Crippen molar-refractivity contribution in [2.75, 3.05) is 12.0 Å². The van der Waals surface area contributed by atoms with Crippen LogP contribution in [0.25, 0.3) is 0 Å². The third kappa shape index (κ3) is 10.7. The molecule has 0 spiro atoms. The fraction of sp³-hybridized carbons (Fsp3) is 0.696. The lowest BCUT2D eigenvalue weighted by molar-refractivity contribution is -0.142. The highest BCUT2D eigenvalue weighted by Gasteiger charge is 2.33. The highest BCUT2D eigenvalue weighted by Crippen LogP contribution is 2.11. The van der Waals surface area contributed by atoms with Crippen LogP contribution in [-0.4, -0.2) is 74.9 Å². The summed E-state index contributed by atoms with van der Waals surface area (Å²) in [7, 11) is 0. The summed E-state index contributed by atoms with van der Waals surface area (Å²) < 4.78 is 0. The Morgan fingerprint density at radius 1 is 1.09 bits per heavy atom. The molecular formula is C23H40N6O5S. The molecule has 0 aromatic carbocycles. The maximum atomic E-state index is 13.3. The van der Waals surface area contributed by atoms with E-state index in [1.54, 1.807) is 13.1 Å². The van der Waals surface area contributed by atoms with Gasteiger partial charge in [-0.15, -0.1) is 0 Å². The minimum Gasteiger partial charge on any atom is -0.480 e. The van der Waals surface area contributed by atoms with Crippen LogP contribution in [0.3, 0.4) is 0 Å². The first-order chi connectivity index (χ1) is 16.5. The summed E-state index contributed by atoms with van der Waals surface area (Å²) in [4.78, 5) is 57.4. The highest BCUT2D eigenvalue weighted by molar-refractivity contribution is 7.98. The largest absolute Gasteiger partial charge is 0.480 e. The summed E-state index contributed by atoms with van der Waals surface area (Å²) in [6.07, 6.45) is 6.26. The number of carboxylic acid groups (broad SMARTS) is 1. The van der Waals surface area contributed by atoms with Gasteiger partial charge in [-0.2, -0.15) is 11.8 Å². The van der Waals surface area contributed by atoms with E-state index < -0.39 is 47.9 Å². The minimum absolute atomic E-state index is 0.117. The molecule has 0 aliphatic rings. The number of imidazole rings is 1. The summed E-state index contributed by atoms with van der Waals surface area (Å²) in [6.45, 7) is 7.55. The van der Waals surface area contributed by atoms with Gasteiger partial charge in [0.15, 0.2) is 0 Å². The van der Waals surface area contributed by atoms with E-state index in [1.165, 1.54) is 18.1 Å². The molecule has 0 aliphatic carbocycles. The number of rotatable bonds is 16. The van der Waals surface area contributed by atoms with Gasteiger partial charge in [0, 0.05) is 18.3 Å². The van der Waals surface area contributed by atoms with Gasteiger partial charge in [-0.05, 0) is 36.7 Å². The predicted molar refractivity (Wildman–Crippen MR) is 136 cm³/mol. The van der Waals surface area contributed by atoms with Crippen molar-refractivity contribution in [1.82, 2.24) is 25.9 Å². The normalized spacial score (nSPS) is 15.5. The van der Waals surface area contributed by atoms with E-state index in [0.29, 0.717) is 24.3 Å². The molecule has 7 N–H and O–H groups in total. The molecule has 1 rings (SSSR count). The number of nitrogens with zero attached hydrogens (tertiary/aromatic N) is 1. The van der Waals surface area contributed by atoms with Crippen molar-refractivity contribution >= 4 is 35.5 Å². The smallest absolute Gasteiger partial charge is 0.326 e. The molecule has 12 heteroatoms. The van der Waals surface area contributed by atoms with E-state index in [2.05, 4.69) is 25.9 Å². The predicted octanol–water partition coefficient (Wildman–Crippen LogP) is 0.664. The average molecular weight is 513 g/mol. The molecular weight excluding hydrogens is 472 g/mol. The number of carboxylic acids is 1. The summed E-state index contributed by atoms with van der Waals surface area (Å²) in [5.74, 6) is -2.27. The molecule has 0 saturated heterocycles. The van der Waals surface area contributed by atoms with Crippen molar-refractivity contribution in [2.45, 2.75) is 77.5 Å². The molecule has 0 saturated carbocycles. The zero-order chi connectivity index (χ0) is 26.5. The molecule has 0 radical (unpaired) electrons. The van der Waals surface area contributed by atoms with Gasteiger partial charge in [0.1, 0.15) is 18.1 Å². The Kier molecular flexibility index (Phi) is 13.4. The van der Waals surface area contributed by atoms with Crippen molar-refractivity contribution in [2.24, 2.45) is 17.6 Å². The number of thioether (sulfide) groups is 1. The molecule has 3 amide bonds. The monoisotopic (exact) mass is 512 g/mol. The summed E-state index contributed by atoms with van der Waals surface area (Å²) in [5.41, 5.74) is 6.62. The lowest BCUT2D eigenvalue weighted by atomic mass is 9.97. The fourth-order valence-corrected chi connectivity index (χ4v) is 3.90. The zero-order valence-corrected chi connectivity index (χ0v) is 22.0. The number of aromatic nitrogens is 2. The van der Waals surface area contributed by atoms with Crippen molar-refractivity contribution < 1.29 is 24.3 Å². The van der Waals surface area contributed by atoms with E-state index >= 15 is 0 Å². The van der Waals surface area contributed by atoms with E-state index in [4.69, 9.17) is 5.73 Å². The number of aliphatic carboxylic acids is 1. The SMILES string of the molecule is CCC(C)C(NC(=O)C(Cc1cnc[nH]1)NC(=O)C(N)CC(C)C)C(=O)NC(CCSC)C(=O)O. The van der Waals surface area contributed by atoms with Crippen LogP contribution >= 0.6 is 11.8 Å². The molecule has 0 aliphatic heterocycles. The van der Waals surface area contributed by atoms with Crippen LogP contribution in [0.1, 0.15) is 52.7 Å². The molecule has 5 unspecified atom stereocenters. The Bertz CT molecular complexity index is 819. The summed E-state index contributed by atoms with van der Waals surface area (Å²) in [5, 5.41) is 17.4. The van der Waals surface area contributed by atoms with Crippen molar-refractivity contribution in [3.63, 3.8) is 0 Å². The van der Waals surface area contributed by atoms with E-state index in [9.17, 15) is 24.3 Å². The number of H-pyrrole nitrogens is 1. The second-order valence-electron chi connectivity index (χ2n) is 9.13. The van der Waals surface area contributed by atoms with Crippen LogP contribution in [0.15, 0.2) is 12.5 Å². The Labute approximate surface area is 211 Å². The van der Waals surface area contributed by atoms with Crippen molar-refractivity contribution in [3.05, 3.63) is 18.2 Å². The Morgan fingerprint density at radius 2 is 1.74 bits per heavy atom. The lowest BCUT2D eigenvalue weighted by Gasteiger charge is -2.28. The molecule has 198 valence electrons. The van der Waals surface area contributed by atoms with E-state index in [0.717, 1.165) is 0 Å². The molecule has 0 fully saturated rings. The number of amides is 3. The van der Waals surface area contributed by atoms with Crippen LogP contribution in [0.4, 0.5) is 0 Å². The van der Waals surface area contributed by atoms with Gasteiger partial charge in [0.25, 0.3) is 0 Å². The molecule has 11 nitrogen and oxygen atoms in total. The minimum atomic E-state index is -1.13. The van der Waals surface area contributed by atoms with Crippen LogP contribution in [-0.2, 0) is 25.6 Å². The number of aromatic amines is 1. The first kappa shape index (κ1) is 30.4. The van der Waals surface area contributed by atoms with Gasteiger partial charge in [-0.1, -0.05) is 34.1 Å². The molecule has 35 heavy (non-hydrogen) atoms. The topological polar surface area (TPSA) is 179 Å². The zero-order valence-electron chi connectivity index (χ0n) is 21.2. The standard InChI is InChI=1S/C23H40N6O5S/c1-6-14(4)19(22(32)27-17(23(33)34)7-8-35-5)29-21(31)18(10-15-11-25-12-26-15)28-20(30)16(24)9-13(2)3/h11-14,16-19H,6-10,24H2,1-5H3,(H,25,26)(H,27,32)(H,28,30)(H,29,31)(H,33,34). The quantitative estimate of drug-likeness (QED) is 0.187. The lowest BCUT2D eigenvalue weighted by Crippen LogP contribution is -2.59. The van der Waals surface area contributed by atoms with Crippen LogP contribution in [0.5, 0.6) is 0 Å². The van der Waals surface area contributed by atoms with Gasteiger partial charge >= 0.3 is 5.97 Å². The number of nitrogens with one attached hydrogen (secondary N) is 4. The number of hydrogen-bond acceptors (Lipinski definition) is 7. The van der Waals surface area contributed by atoms with Gasteiger partial charge < -0.3 is 31.8 Å². The number of carbonyl (C=O) groups is 4. The Hall–Kier alpha value is -2.60. The summed E-state index contributed by atoms with van der Waals surface area (Å²) >= 11 is 1.48. The van der Waals surface area contributed by atoms with E-state index in [1.807, 2.05) is 27.0 Å². The van der Waals surface area contributed by atoms with Crippen LogP contribution in [0.2, 0.25) is 0 Å². The molecule has 5 atom stereocenters. The Morgan fingerprint density at radius 3 is 2.26 bits per heavy atom. The first-order valence-corrected chi connectivity index (χ1v) is 13.2. The van der Waals surface area contributed by atoms with Gasteiger partial charge in [0.2, 0.25) is 17.7 Å². The maximum absolute atomic E-state index is 13.3. The van der Waals surface area contributed by atoms with Gasteiger partial charge in [-0.3, -0.25) is 14.4 Å². The van der Waals surface area contributed by atoms with E-state index in [-0.39, 0.29) is 24.7 Å². The third-order valence-corrected chi connectivity index (χ3v) is 6.34. The maximum Gasteiger partial charge on any atom is 0.326 e. The van der Waals surface area contributed by atoms with Crippen LogP contribution in [0, 0.1) is 11.8 Å². The van der Waals surface area contributed by atoms with Crippen molar-refractivity contribution in [1.29, 1.82) is 0 Å². The second-order valence-corrected chi connectivity index (χ2v) is 10.1. The number of carbonyl (C=O) groups excluding carboxylic acids is 3. The molecule has 1 heterocycles. The Balaban J connectivity index is 3.05. The second kappa shape index (κ2) is 15.4. The molecule has 1 aromatic rings. The van der Waals surface area contributed by atoms with Crippen molar-refractivity contribution in [3.8, 4) is 0 Å².